The van der Waals surface area contributed by atoms with Crippen LogP contribution >= 0.6 is 12.6 Å². The van der Waals surface area contributed by atoms with Gasteiger partial charge in [0.15, 0.2) is 0 Å². The van der Waals surface area contributed by atoms with Gasteiger partial charge in [0.05, 0.1) is 0 Å². The molecule has 0 unspecified atom stereocenters. The van der Waals surface area contributed by atoms with Crippen LogP contribution in [0, 0.1) is 0 Å². The number of nitrogens with one attached hydrogen (secondary N) is 1. The fourth-order valence-electron chi connectivity index (χ4n) is 0.708. The monoisotopic (exact) mass is 177 g/mol. The van der Waals surface area contributed by atoms with Crippen molar-refractivity contribution in [2.45, 2.75) is 32.4 Å². The summed E-state index contributed by atoms with van der Waals surface area (Å²) in [5.74, 6) is -0.540. The predicted octanol–water partition coefficient (Wildman–Crippen LogP) is 0.758. The highest BCUT2D eigenvalue weighted by Crippen LogP contribution is 2.02. The molecule has 0 amide bonds. The molecular weight excluding hydrogens is 162 g/mol. The zero-order valence-corrected chi connectivity index (χ0v) is 7.98. The lowest BCUT2D eigenvalue weighted by atomic mass is 10.1. The van der Waals surface area contributed by atoms with Crippen molar-refractivity contribution in [3.05, 3.63) is 0 Å². The van der Waals surface area contributed by atoms with Crippen LogP contribution in [0.4, 0.5) is 0 Å². The molecule has 0 saturated heterocycles. The summed E-state index contributed by atoms with van der Waals surface area (Å²) in [6, 6.07) is -0.557. The Bertz CT molecular complexity index is 142. The molecule has 0 aliphatic carbocycles. The van der Waals surface area contributed by atoms with Crippen LogP contribution in [0.15, 0.2) is 0 Å². The minimum absolute atomic E-state index is 0.175. The maximum atomic E-state index is 10.5. The van der Waals surface area contributed by atoms with Gasteiger partial charge in [0.25, 0.3) is 0 Å². The topological polar surface area (TPSA) is 49.3 Å². The van der Waals surface area contributed by atoms with Crippen LogP contribution in [-0.2, 0) is 4.79 Å². The molecule has 0 radical (unpaired) electrons. The lowest BCUT2D eigenvalue weighted by molar-refractivity contribution is -0.139. The van der Waals surface area contributed by atoms with Gasteiger partial charge in [0.2, 0.25) is 0 Å². The maximum absolute atomic E-state index is 10.5. The molecule has 11 heavy (non-hydrogen) atoms. The Kier molecular flexibility index (Phi) is 3.89. The first-order chi connectivity index (χ1) is 4.87. The number of carboxylic acid groups (broad SMARTS) is 1. The van der Waals surface area contributed by atoms with E-state index < -0.39 is 12.0 Å². The number of hydrogen-bond acceptors (Lipinski definition) is 3. The Morgan fingerprint density at radius 2 is 2.09 bits per heavy atom. The molecular formula is C7H15NO2S. The molecule has 0 aromatic carbocycles. The minimum Gasteiger partial charge on any atom is -0.480 e. The van der Waals surface area contributed by atoms with Crippen molar-refractivity contribution in [2.75, 3.05) is 5.75 Å². The molecule has 2 N–H and O–H groups in total. The summed E-state index contributed by atoms with van der Waals surface area (Å²) in [6.07, 6.45) is 0. The van der Waals surface area contributed by atoms with E-state index in [4.69, 9.17) is 5.11 Å². The van der Waals surface area contributed by atoms with E-state index in [-0.39, 0.29) is 5.54 Å². The summed E-state index contributed by atoms with van der Waals surface area (Å²) >= 11 is 3.92. The summed E-state index contributed by atoms with van der Waals surface area (Å²) in [4.78, 5) is 10.5. The number of hydrogen-bond donors (Lipinski definition) is 3. The first-order valence-corrected chi connectivity index (χ1v) is 4.11. The summed E-state index contributed by atoms with van der Waals surface area (Å²) in [6.45, 7) is 5.77. The van der Waals surface area contributed by atoms with E-state index in [1.165, 1.54) is 0 Å². The molecule has 4 heteroatoms. The number of rotatable bonds is 3. The van der Waals surface area contributed by atoms with E-state index in [2.05, 4.69) is 17.9 Å². The van der Waals surface area contributed by atoms with Gasteiger partial charge in [-0.05, 0) is 20.8 Å². The number of aliphatic carboxylic acids is 1. The fraction of sp³-hybridized carbons (Fsp3) is 0.857. The van der Waals surface area contributed by atoms with Crippen LogP contribution in [0.25, 0.3) is 0 Å². The van der Waals surface area contributed by atoms with Gasteiger partial charge in [-0.2, -0.15) is 12.6 Å². The number of thiol groups is 1. The molecule has 0 aromatic heterocycles. The molecule has 3 nitrogen and oxygen atoms in total. The van der Waals surface area contributed by atoms with Gasteiger partial charge >= 0.3 is 5.97 Å². The Balaban J connectivity index is 3.99. The second kappa shape index (κ2) is 3.97. The van der Waals surface area contributed by atoms with Gasteiger partial charge in [0.1, 0.15) is 6.04 Å². The van der Waals surface area contributed by atoms with E-state index in [0.717, 1.165) is 0 Å². The van der Waals surface area contributed by atoms with Crippen molar-refractivity contribution in [1.82, 2.24) is 5.32 Å². The van der Waals surface area contributed by atoms with Crippen LogP contribution < -0.4 is 5.32 Å². The third-order valence-electron chi connectivity index (χ3n) is 1.09. The van der Waals surface area contributed by atoms with Gasteiger partial charge in [-0.15, -0.1) is 0 Å². The van der Waals surface area contributed by atoms with Gasteiger partial charge in [0, 0.05) is 11.3 Å². The van der Waals surface area contributed by atoms with Crippen molar-refractivity contribution in [3.8, 4) is 0 Å². The predicted molar refractivity (Wildman–Crippen MR) is 48.2 cm³/mol. The molecule has 0 aromatic rings. The smallest absolute Gasteiger partial charge is 0.321 e. The average molecular weight is 177 g/mol. The Morgan fingerprint density at radius 1 is 1.64 bits per heavy atom. The van der Waals surface area contributed by atoms with Crippen LogP contribution in [0.2, 0.25) is 0 Å². The fourth-order valence-corrected chi connectivity index (χ4v) is 0.956. The normalized spacial score (nSPS) is 14.5. The first kappa shape index (κ1) is 10.8. The lowest BCUT2D eigenvalue weighted by Crippen LogP contribution is -2.48. The molecule has 0 fully saturated rings. The molecule has 0 bridgehead atoms. The van der Waals surface area contributed by atoms with E-state index >= 15 is 0 Å². The van der Waals surface area contributed by atoms with Crippen LogP contribution in [0.1, 0.15) is 20.8 Å². The average Bonchev–Trinajstić information content (AvgIpc) is 1.80. The van der Waals surface area contributed by atoms with Gasteiger partial charge in [-0.3, -0.25) is 10.1 Å². The van der Waals surface area contributed by atoms with Crippen LogP contribution in [-0.4, -0.2) is 28.4 Å². The van der Waals surface area contributed by atoms with E-state index in [0.29, 0.717) is 5.75 Å². The highest BCUT2D eigenvalue weighted by molar-refractivity contribution is 7.80. The largest absolute Gasteiger partial charge is 0.480 e. The van der Waals surface area contributed by atoms with Crippen LogP contribution in [0.5, 0.6) is 0 Å². The lowest BCUT2D eigenvalue weighted by Gasteiger charge is -2.24. The Hall–Kier alpha value is -0.220. The number of carboxylic acids is 1. The highest BCUT2D eigenvalue weighted by Gasteiger charge is 2.21. The summed E-state index contributed by atoms with van der Waals surface area (Å²) in [7, 11) is 0. The van der Waals surface area contributed by atoms with Gasteiger partial charge < -0.3 is 5.11 Å². The molecule has 0 rings (SSSR count). The third kappa shape index (κ3) is 5.09. The van der Waals surface area contributed by atoms with Gasteiger partial charge in [-0.1, -0.05) is 0 Å². The second-order valence-electron chi connectivity index (χ2n) is 3.47. The van der Waals surface area contributed by atoms with Crippen molar-refractivity contribution in [1.29, 1.82) is 0 Å². The quantitative estimate of drug-likeness (QED) is 0.558. The highest BCUT2D eigenvalue weighted by atomic mass is 32.1. The molecule has 0 aliphatic rings. The van der Waals surface area contributed by atoms with Crippen molar-refractivity contribution < 1.29 is 9.90 Å². The van der Waals surface area contributed by atoms with E-state index in [9.17, 15) is 4.79 Å². The van der Waals surface area contributed by atoms with E-state index in [1.807, 2.05) is 20.8 Å². The molecule has 0 heterocycles. The van der Waals surface area contributed by atoms with Crippen molar-refractivity contribution >= 4 is 18.6 Å². The van der Waals surface area contributed by atoms with Gasteiger partial charge in [-0.25, -0.2) is 0 Å². The summed E-state index contributed by atoms with van der Waals surface area (Å²) in [5.41, 5.74) is -0.175. The molecule has 0 aliphatic heterocycles. The van der Waals surface area contributed by atoms with E-state index in [1.54, 1.807) is 0 Å². The molecule has 1 atom stereocenters. The summed E-state index contributed by atoms with van der Waals surface area (Å²) < 4.78 is 0. The zero-order valence-electron chi connectivity index (χ0n) is 7.09. The third-order valence-corrected chi connectivity index (χ3v) is 1.45. The van der Waals surface area contributed by atoms with Crippen molar-refractivity contribution in [2.24, 2.45) is 0 Å². The molecule has 0 spiro atoms. The van der Waals surface area contributed by atoms with Crippen molar-refractivity contribution in [3.63, 3.8) is 0 Å². The summed E-state index contributed by atoms with van der Waals surface area (Å²) in [5, 5.41) is 11.6. The second-order valence-corrected chi connectivity index (χ2v) is 3.83. The first-order valence-electron chi connectivity index (χ1n) is 3.48. The Morgan fingerprint density at radius 3 is 2.18 bits per heavy atom. The number of carbonyl (C=O) groups is 1. The Labute approximate surface area is 72.6 Å². The standard InChI is InChI=1S/C7H15NO2S/c1-7(2,3)8-5(4-11)6(9)10/h5,8,11H,4H2,1-3H3,(H,9,10)/t5-/m1/s1. The van der Waals surface area contributed by atoms with Crippen LogP contribution in [0.3, 0.4) is 0 Å². The molecule has 66 valence electrons. The maximum Gasteiger partial charge on any atom is 0.321 e. The molecule has 0 saturated carbocycles. The minimum atomic E-state index is -0.852. The zero-order chi connectivity index (χ0) is 9.07. The SMILES string of the molecule is CC(C)(C)N[C@H](CS)C(=O)O.